The van der Waals surface area contributed by atoms with Gasteiger partial charge in [-0.2, -0.15) is 0 Å². The van der Waals surface area contributed by atoms with Crippen LogP contribution in [0.1, 0.15) is 22.4 Å². The topological polar surface area (TPSA) is 89.5 Å². The summed E-state index contributed by atoms with van der Waals surface area (Å²) in [6, 6.07) is 14.0. The molecule has 2 heterocycles. The molecule has 0 aliphatic heterocycles. The second kappa shape index (κ2) is 8.43. The van der Waals surface area contributed by atoms with Crippen LogP contribution in [0.5, 0.6) is 0 Å². The first-order chi connectivity index (χ1) is 15.2. The van der Waals surface area contributed by atoms with Gasteiger partial charge < -0.3 is 9.72 Å². The summed E-state index contributed by atoms with van der Waals surface area (Å²) in [5, 5.41) is 13.8. The van der Waals surface area contributed by atoms with Crippen LogP contribution in [0.25, 0.3) is 16.9 Å². The third-order valence-electron chi connectivity index (χ3n) is 5.49. The maximum absolute atomic E-state index is 12.9. The monoisotopic (exact) mass is 448 g/mol. The van der Waals surface area contributed by atoms with Gasteiger partial charge in [-0.1, -0.05) is 29.8 Å². The molecule has 2 aromatic carbocycles. The highest BCUT2D eigenvalue weighted by atomic mass is 35.5. The lowest BCUT2D eigenvalue weighted by Gasteiger charge is -2.10. The van der Waals surface area contributed by atoms with Gasteiger partial charge in [0.05, 0.1) is 33.4 Å². The molecule has 0 unspecified atom stereocenters. The van der Waals surface area contributed by atoms with E-state index in [0.717, 1.165) is 33.7 Å². The Morgan fingerprint density at radius 2 is 1.88 bits per heavy atom. The number of carbonyl (C=O) groups excluding carboxylic acids is 1. The number of pyridine rings is 1. The number of nitrogens with one attached hydrogen (secondary N) is 1. The molecule has 0 saturated carbocycles. The highest BCUT2D eigenvalue weighted by molar-refractivity contribution is 6.34. The van der Waals surface area contributed by atoms with Crippen molar-refractivity contribution in [2.24, 2.45) is 0 Å². The number of rotatable bonds is 5. The molecule has 7 nitrogen and oxygen atoms in total. The number of anilines is 1. The molecular formula is C24H21ClN4O3. The average molecular weight is 449 g/mol. The third kappa shape index (κ3) is 4.07. The standard InChI is InChI=1S/C24H21ClN4O3/c1-14-6-7-17(11-16(14)3)23-21(28-10-4-5-15(2)24(28)27-23)13-22(30)26-20-9-8-18(29(31)32)12-19(20)25/h4-12H,13H2,1-3H3,(H,26,30). The second-order valence-electron chi connectivity index (χ2n) is 7.74. The van der Waals surface area contributed by atoms with Crippen molar-refractivity contribution in [2.45, 2.75) is 27.2 Å². The molecule has 2 aromatic heterocycles. The number of halogens is 1. The Labute approximate surface area is 189 Å². The van der Waals surface area contributed by atoms with E-state index in [1.807, 2.05) is 48.7 Å². The lowest BCUT2D eigenvalue weighted by molar-refractivity contribution is -0.384. The van der Waals surface area contributed by atoms with Crippen LogP contribution in [-0.2, 0) is 11.2 Å². The van der Waals surface area contributed by atoms with Gasteiger partial charge in [-0.15, -0.1) is 0 Å². The van der Waals surface area contributed by atoms with E-state index in [1.54, 1.807) is 0 Å². The normalized spacial score (nSPS) is 11.0. The van der Waals surface area contributed by atoms with Crippen molar-refractivity contribution in [3.05, 3.63) is 92.2 Å². The molecule has 162 valence electrons. The van der Waals surface area contributed by atoms with Gasteiger partial charge in [0.15, 0.2) is 0 Å². The van der Waals surface area contributed by atoms with E-state index in [-0.39, 0.29) is 23.0 Å². The zero-order chi connectivity index (χ0) is 23.0. The number of imidazole rings is 1. The van der Waals surface area contributed by atoms with E-state index in [4.69, 9.17) is 16.6 Å². The number of nitro benzene ring substituents is 1. The van der Waals surface area contributed by atoms with Gasteiger partial charge in [-0.3, -0.25) is 14.9 Å². The van der Waals surface area contributed by atoms with E-state index < -0.39 is 4.92 Å². The first-order valence-corrected chi connectivity index (χ1v) is 10.4. The fraction of sp³-hybridized carbons (Fsp3) is 0.167. The quantitative estimate of drug-likeness (QED) is 0.314. The van der Waals surface area contributed by atoms with Crippen LogP contribution in [-0.4, -0.2) is 20.2 Å². The molecule has 4 rings (SSSR count). The van der Waals surface area contributed by atoms with Crippen LogP contribution >= 0.6 is 11.6 Å². The van der Waals surface area contributed by atoms with Gasteiger partial charge in [0.25, 0.3) is 5.69 Å². The van der Waals surface area contributed by atoms with Gasteiger partial charge in [0, 0.05) is 23.9 Å². The third-order valence-corrected chi connectivity index (χ3v) is 5.80. The Hall–Kier alpha value is -3.71. The number of carbonyl (C=O) groups is 1. The van der Waals surface area contributed by atoms with Crippen molar-refractivity contribution >= 4 is 34.5 Å². The molecule has 32 heavy (non-hydrogen) atoms. The van der Waals surface area contributed by atoms with Gasteiger partial charge in [0.1, 0.15) is 5.65 Å². The molecule has 8 heteroatoms. The van der Waals surface area contributed by atoms with E-state index >= 15 is 0 Å². The van der Waals surface area contributed by atoms with Crippen LogP contribution in [0.2, 0.25) is 5.02 Å². The van der Waals surface area contributed by atoms with Crippen LogP contribution in [0.4, 0.5) is 11.4 Å². The van der Waals surface area contributed by atoms with E-state index in [1.165, 1.54) is 23.8 Å². The first kappa shape index (κ1) is 21.5. The van der Waals surface area contributed by atoms with Crippen LogP contribution in [0.3, 0.4) is 0 Å². The molecule has 4 aromatic rings. The summed E-state index contributed by atoms with van der Waals surface area (Å²) >= 11 is 6.14. The summed E-state index contributed by atoms with van der Waals surface area (Å²) in [5.41, 5.74) is 6.73. The lowest BCUT2D eigenvalue weighted by Crippen LogP contribution is -2.16. The number of nitro groups is 1. The fourth-order valence-electron chi connectivity index (χ4n) is 3.61. The number of aromatic nitrogens is 2. The number of hydrogen-bond donors (Lipinski definition) is 1. The lowest BCUT2D eigenvalue weighted by atomic mass is 10.0. The zero-order valence-electron chi connectivity index (χ0n) is 17.8. The predicted octanol–water partition coefficient (Wildman–Crippen LogP) is 5.67. The molecule has 0 aliphatic carbocycles. The number of aryl methyl sites for hydroxylation is 3. The summed E-state index contributed by atoms with van der Waals surface area (Å²) in [6.07, 6.45) is 1.95. The van der Waals surface area contributed by atoms with Gasteiger partial charge >= 0.3 is 0 Å². The van der Waals surface area contributed by atoms with Crippen LogP contribution < -0.4 is 5.32 Å². The minimum absolute atomic E-state index is 0.0557. The predicted molar refractivity (Wildman–Crippen MR) is 125 cm³/mol. The number of non-ortho nitro benzene ring substituents is 1. The van der Waals surface area contributed by atoms with Gasteiger partial charge in [0.2, 0.25) is 5.91 Å². The van der Waals surface area contributed by atoms with E-state index in [0.29, 0.717) is 5.69 Å². The Bertz CT molecular complexity index is 1380. The smallest absolute Gasteiger partial charge is 0.271 e. The van der Waals surface area contributed by atoms with Crippen molar-refractivity contribution in [1.82, 2.24) is 9.38 Å². The number of hydrogen-bond acceptors (Lipinski definition) is 4. The molecule has 0 atom stereocenters. The molecule has 0 saturated heterocycles. The molecule has 1 amide bonds. The summed E-state index contributed by atoms with van der Waals surface area (Å²) in [7, 11) is 0. The van der Waals surface area contributed by atoms with Gasteiger partial charge in [-0.05, 0) is 55.7 Å². The van der Waals surface area contributed by atoms with Crippen molar-refractivity contribution in [3.63, 3.8) is 0 Å². The Kier molecular flexibility index (Phi) is 5.67. The number of fused-ring (bicyclic) bond motifs is 1. The van der Waals surface area contributed by atoms with Crippen molar-refractivity contribution in [2.75, 3.05) is 5.32 Å². The zero-order valence-corrected chi connectivity index (χ0v) is 18.6. The van der Waals surface area contributed by atoms with Crippen molar-refractivity contribution in [1.29, 1.82) is 0 Å². The fourth-order valence-corrected chi connectivity index (χ4v) is 3.83. The number of nitrogens with zero attached hydrogens (tertiary/aromatic N) is 3. The van der Waals surface area contributed by atoms with Gasteiger partial charge in [-0.25, -0.2) is 4.98 Å². The molecular weight excluding hydrogens is 428 g/mol. The molecule has 0 spiro atoms. The SMILES string of the molecule is Cc1ccc(-c2nc3c(C)cccn3c2CC(=O)Nc2ccc([N+](=O)[O-])cc2Cl)cc1C. The highest BCUT2D eigenvalue weighted by Gasteiger charge is 2.19. The summed E-state index contributed by atoms with van der Waals surface area (Å²) < 4.78 is 1.93. The minimum atomic E-state index is -0.534. The second-order valence-corrected chi connectivity index (χ2v) is 8.14. The maximum atomic E-state index is 12.9. The summed E-state index contributed by atoms with van der Waals surface area (Å²) in [6.45, 7) is 6.07. The largest absolute Gasteiger partial charge is 0.324 e. The Morgan fingerprint density at radius 3 is 2.56 bits per heavy atom. The van der Waals surface area contributed by atoms with Crippen molar-refractivity contribution < 1.29 is 9.72 Å². The summed E-state index contributed by atoms with van der Waals surface area (Å²) in [5.74, 6) is -0.297. The minimum Gasteiger partial charge on any atom is -0.324 e. The Balaban J connectivity index is 1.72. The van der Waals surface area contributed by atoms with E-state index in [2.05, 4.69) is 18.3 Å². The number of amides is 1. The molecule has 0 aliphatic rings. The molecule has 0 fully saturated rings. The Morgan fingerprint density at radius 1 is 1.09 bits per heavy atom. The highest BCUT2D eigenvalue weighted by Crippen LogP contribution is 2.30. The van der Waals surface area contributed by atoms with E-state index in [9.17, 15) is 14.9 Å². The molecule has 0 radical (unpaired) electrons. The summed E-state index contributed by atoms with van der Waals surface area (Å²) in [4.78, 5) is 28.2. The first-order valence-electron chi connectivity index (χ1n) is 10.0. The van der Waals surface area contributed by atoms with Crippen LogP contribution in [0.15, 0.2) is 54.7 Å². The van der Waals surface area contributed by atoms with Crippen molar-refractivity contribution in [3.8, 4) is 11.3 Å². The van der Waals surface area contributed by atoms with Crippen LogP contribution in [0, 0.1) is 30.9 Å². The maximum Gasteiger partial charge on any atom is 0.271 e. The average Bonchev–Trinajstić information content (AvgIpc) is 3.11. The number of benzene rings is 2. The molecule has 0 bridgehead atoms. The molecule has 1 N–H and O–H groups in total.